The smallest absolute Gasteiger partial charge is 0.303 e. The molecule has 28 heavy (non-hydrogen) atoms. The van der Waals surface area contributed by atoms with Crippen LogP contribution >= 0.6 is 15.9 Å². The van der Waals surface area contributed by atoms with E-state index in [-0.39, 0.29) is 25.0 Å². The minimum Gasteiger partial charge on any atom is -0.481 e. The van der Waals surface area contributed by atoms with Crippen molar-refractivity contribution in [1.82, 2.24) is 0 Å². The molecule has 2 aromatic carbocycles. The number of rotatable bonds is 6. The molecule has 0 saturated carbocycles. The number of anilines is 1. The van der Waals surface area contributed by atoms with Crippen molar-refractivity contribution in [2.75, 3.05) is 11.6 Å². The molecule has 1 heterocycles. The molecule has 7 heteroatoms. The number of halogens is 1. The van der Waals surface area contributed by atoms with Crippen LogP contribution in [-0.4, -0.2) is 29.3 Å². The van der Waals surface area contributed by atoms with Crippen molar-refractivity contribution in [3.8, 4) is 11.5 Å². The fourth-order valence-electron chi connectivity index (χ4n) is 3.09. The summed E-state index contributed by atoms with van der Waals surface area (Å²) in [5.74, 6) is 0.113. The van der Waals surface area contributed by atoms with Crippen molar-refractivity contribution in [2.45, 2.75) is 38.7 Å². The number of fused-ring (bicyclic) bond motifs is 1. The Morgan fingerprint density at radius 2 is 1.93 bits per heavy atom. The first-order valence-corrected chi connectivity index (χ1v) is 9.72. The zero-order chi connectivity index (χ0) is 20.5. The Bertz CT molecular complexity index is 894. The van der Waals surface area contributed by atoms with Crippen LogP contribution < -0.4 is 14.4 Å². The number of ether oxygens (including phenoxy) is 2. The summed E-state index contributed by atoms with van der Waals surface area (Å²) in [7, 11) is 0. The van der Waals surface area contributed by atoms with Gasteiger partial charge in [0, 0.05) is 4.47 Å². The molecule has 1 N–H and O–H groups in total. The minimum absolute atomic E-state index is 0.0459. The van der Waals surface area contributed by atoms with E-state index in [2.05, 4.69) is 15.9 Å². The predicted molar refractivity (Wildman–Crippen MR) is 109 cm³/mol. The van der Waals surface area contributed by atoms with E-state index in [4.69, 9.17) is 14.6 Å². The molecule has 0 aliphatic carbocycles. The maximum absolute atomic E-state index is 12.8. The third-order valence-corrected chi connectivity index (χ3v) is 5.12. The molecule has 2 aromatic rings. The summed E-state index contributed by atoms with van der Waals surface area (Å²) in [5.41, 5.74) is 0.584. The van der Waals surface area contributed by atoms with Gasteiger partial charge in [-0.15, -0.1) is 0 Å². The second-order valence-electron chi connectivity index (χ2n) is 7.30. The number of carboxylic acid groups (broad SMARTS) is 1. The second kappa shape index (κ2) is 7.83. The number of carbonyl (C=O) groups is 2. The fraction of sp³-hybridized carbons (Fsp3) is 0.333. The quantitative estimate of drug-likeness (QED) is 0.701. The number of nitrogens with zero attached hydrogens (tertiary/aromatic N) is 1. The van der Waals surface area contributed by atoms with Gasteiger partial charge < -0.3 is 14.6 Å². The zero-order valence-corrected chi connectivity index (χ0v) is 17.5. The Hall–Kier alpha value is -2.54. The summed E-state index contributed by atoms with van der Waals surface area (Å²) in [6, 6.07) is 12.7. The topological polar surface area (TPSA) is 76.1 Å². The highest BCUT2D eigenvalue weighted by Gasteiger charge is 2.41. The van der Waals surface area contributed by atoms with Gasteiger partial charge in [-0.25, -0.2) is 0 Å². The first-order chi connectivity index (χ1) is 13.2. The van der Waals surface area contributed by atoms with Crippen molar-refractivity contribution in [2.24, 2.45) is 0 Å². The van der Waals surface area contributed by atoms with E-state index in [1.807, 2.05) is 37.3 Å². The van der Waals surface area contributed by atoms with Crippen molar-refractivity contribution in [3.05, 3.63) is 52.5 Å². The highest BCUT2D eigenvalue weighted by atomic mass is 79.9. The summed E-state index contributed by atoms with van der Waals surface area (Å²) < 4.78 is 12.5. The number of benzene rings is 2. The number of carboxylic acids is 1. The van der Waals surface area contributed by atoms with E-state index < -0.39 is 11.6 Å². The summed E-state index contributed by atoms with van der Waals surface area (Å²) in [5, 5.41) is 8.92. The lowest BCUT2D eigenvalue weighted by Crippen LogP contribution is -2.53. The Kier molecular flexibility index (Phi) is 5.65. The Balaban J connectivity index is 1.75. The van der Waals surface area contributed by atoms with E-state index in [1.165, 1.54) is 0 Å². The molecule has 0 aromatic heterocycles. The molecule has 0 radical (unpaired) electrons. The molecule has 0 bridgehead atoms. The van der Waals surface area contributed by atoms with Crippen LogP contribution in [0.25, 0.3) is 0 Å². The predicted octanol–water partition coefficient (Wildman–Crippen LogP) is 4.57. The summed E-state index contributed by atoms with van der Waals surface area (Å²) >= 11 is 3.42. The van der Waals surface area contributed by atoms with Crippen molar-refractivity contribution in [1.29, 1.82) is 0 Å². The van der Waals surface area contributed by atoms with Crippen molar-refractivity contribution < 1.29 is 24.2 Å². The standard InChI is InChI=1S/C21H22BrNO5/c1-13(10-19(24)25)14-4-7-16(8-5-14)27-12-23-17-9-6-15(22)11-18(17)28-21(2,3)20(23)26/h4-9,11,13H,10,12H2,1-3H3,(H,24,25). The van der Waals surface area contributed by atoms with Crippen LogP contribution in [0, 0.1) is 0 Å². The average Bonchev–Trinajstić information content (AvgIpc) is 2.62. The van der Waals surface area contributed by atoms with Gasteiger partial charge in [-0.05, 0) is 55.7 Å². The molecule has 1 atom stereocenters. The zero-order valence-electron chi connectivity index (χ0n) is 15.9. The molecule has 3 rings (SSSR count). The lowest BCUT2D eigenvalue weighted by atomic mass is 9.98. The molecule has 0 fully saturated rings. The first kappa shape index (κ1) is 20.2. The van der Waals surface area contributed by atoms with E-state index in [0.29, 0.717) is 17.2 Å². The molecule has 6 nitrogen and oxygen atoms in total. The minimum atomic E-state index is -0.993. The highest BCUT2D eigenvalue weighted by Crippen LogP contribution is 2.39. The Morgan fingerprint density at radius 3 is 2.57 bits per heavy atom. The van der Waals surface area contributed by atoms with Gasteiger partial charge in [-0.1, -0.05) is 35.0 Å². The molecule has 1 aliphatic heterocycles. The Labute approximate surface area is 172 Å². The third kappa shape index (κ3) is 4.30. The van der Waals surface area contributed by atoms with E-state index in [9.17, 15) is 9.59 Å². The van der Waals surface area contributed by atoms with Gasteiger partial charge in [-0.2, -0.15) is 0 Å². The SMILES string of the molecule is CC(CC(=O)O)c1ccc(OCN2C(=O)C(C)(C)Oc3cc(Br)ccc32)cc1. The maximum Gasteiger partial charge on any atom is 0.303 e. The second-order valence-corrected chi connectivity index (χ2v) is 8.21. The van der Waals surface area contributed by atoms with Crippen molar-refractivity contribution >= 4 is 33.5 Å². The van der Waals surface area contributed by atoms with Gasteiger partial charge >= 0.3 is 5.97 Å². The normalized spacial score (nSPS) is 16.1. The summed E-state index contributed by atoms with van der Waals surface area (Å²) in [6.07, 6.45) is 0.0733. The number of amides is 1. The van der Waals surface area contributed by atoms with Gasteiger partial charge in [-0.3, -0.25) is 14.5 Å². The number of hydrogen-bond acceptors (Lipinski definition) is 4. The number of carbonyl (C=O) groups excluding carboxylic acids is 1. The van der Waals surface area contributed by atoms with Gasteiger partial charge in [0.25, 0.3) is 5.91 Å². The molecule has 0 spiro atoms. The van der Waals surface area contributed by atoms with E-state index in [1.54, 1.807) is 30.9 Å². The monoisotopic (exact) mass is 447 g/mol. The highest BCUT2D eigenvalue weighted by molar-refractivity contribution is 9.10. The summed E-state index contributed by atoms with van der Waals surface area (Å²) in [4.78, 5) is 25.2. The summed E-state index contributed by atoms with van der Waals surface area (Å²) in [6.45, 7) is 5.37. The first-order valence-electron chi connectivity index (χ1n) is 8.92. The van der Waals surface area contributed by atoms with Crippen LogP contribution in [0.3, 0.4) is 0 Å². The number of aliphatic carboxylic acids is 1. The average molecular weight is 448 g/mol. The van der Waals surface area contributed by atoms with Crippen molar-refractivity contribution in [3.63, 3.8) is 0 Å². The van der Waals surface area contributed by atoms with Gasteiger partial charge in [0.2, 0.25) is 0 Å². The molecular formula is C21H22BrNO5. The molecule has 1 unspecified atom stereocenters. The molecule has 1 aliphatic rings. The van der Waals surface area contributed by atoms with Crippen LogP contribution in [0.2, 0.25) is 0 Å². The molecule has 148 valence electrons. The van der Waals surface area contributed by atoms with E-state index >= 15 is 0 Å². The van der Waals surface area contributed by atoms with Crippen LogP contribution in [0.15, 0.2) is 46.9 Å². The fourth-order valence-corrected chi connectivity index (χ4v) is 3.43. The van der Waals surface area contributed by atoms with Gasteiger partial charge in [0.15, 0.2) is 12.3 Å². The van der Waals surface area contributed by atoms with Crippen LogP contribution in [0.5, 0.6) is 11.5 Å². The van der Waals surface area contributed by atoms with Crippen LogP contribution in [0.4, 0.5) is 5.69 Å². The molecule has 0 saturated heterocycles. The largest absolute Gasteiger partial charge is 0.481 e. The third-order valence-electron chi connectivity index (χ3n) is 4.63. The molecule has 1 amide bonds. The lowest BCUT2D eigenvalue weighted by Gasteiger charge is -2.38. The van der Waals surface area contributed by atoms with E-state index in [0.717, 1.165) is 10.0 Å². The Morgan fingerprint density at radius 1 is 1.25 bits per heavy atom. The van der Waals surface area contributed by atoms with Gasteiger partial charge in [0.05, 0.1) is 12.1 Å². The van der Waals surface area contributed by atoms with Crippen LogP contribution in [0.1, 0.15) is 38.7 Å². The maximum atomic E-state index is 12.8. The number of hydrogen-bond donors (Lipinski definition) is 1. The molecular weight excluding hydrogens is 426 g/mol. The van der Waals surface area contributed by atoms with Gasteiger partial charge in [0.1, 0.15) is 11.5 Å². The lowest BCUT2D eigenvalue weighted by molar-refractivity contribution is -0.137. The van der Waals surface area contributed by atoms with Crippen LogP contribution in [-0.2, 0) is 9.59 Å².